The van der Waals surface area contributed by atoms with E-state index in [1.807, 2.05) is 12.1 Å². The minimum absolute atomic E-state index is 0.0109. The molecule has 0 spiro atoms. The number of anilines is 4. The highest BCUT2D eigenvalue weighted by atomic mass is 16.5. The van der Waals surface area contributed by atoms with Gasteiger partial charge in [-0.25, -0.2) is 9.97 Å². The molecule has 8 N–H and O–H groups in total. The number of Topliss-reactive ketones (excluding diaryl/α,β-unsaturated/α-hetero) is 1. The summed E-state index contributed by atoms with van der Waals surface area (Å²) in [7, 11) is 1.40. The van der Waals surface area contributed by atoms with Crippen molar-refractivity contribution in [3.63, 3.8) is 0 Å². The molecular weight excluding hydrogens is 837 g/mol. The molecule has 1 aromatic carbocycles. The molecule has 0 radical (unpaired) electrons. The number of piperazine rings is 1. The van der Waals surface area contributed by atoms with E-state index in [0.717, 1.165) is 44.5 Å². The highest BCUT2D eigenvalue weighted by molar-refractivity contribution is 6.04. The van der Waals surface area contributed by atoms with Gasteiger partial charge in [-0.2, -0.15) is 4.98 Å². The molecule has 0 unspecified atom stereocenters. The number of benzene rings is 1. The Morgan fingerprint density at radius 3 is 2.34 bits per heavy atom. The van der Waals surface area contributed by atoms with Crippen LogP contribution in [0.25, 0.3) is 11.0 Å². The predicted octanol–water partition coefficient (Wildman–Crippen LogP) is 2.83. The van der Waals surface area contributed by atoms with Crippen LogP contribution in [-0.2, 0) is 23.8 Å². The second-order valence-electron chi connectivity index (χ2n) is 15.7. The van der Waals surface area contributed by atoms with E-state index >= 15 is 0 Å². The molecule has 3 aromatic heterocycles. The number of allylic oxidation sites excluding steroid dienone is 2. The fourth-order valence-corrected chi connectivity index (χ4v) is 7.73. The Hall–Kier alpha value is -6.90. The molecule has 1 aliphatic heterocycles. The number of hydrogen-bond acceptors (Lipinski definition) is 16. The Morgan fingerprint density at radius 1 is 0.892 bits per heavy atom. The van der Waals surface area contributed by atoms with Gasteiger partial charge in [-0.15, -0.1) is 0 Å². The molecule has 3 amide bonds. The monoisotopic (exact) mass is 894 g/mol. The smallest absolute Gasteiger partial charge is 0.263 e. The summed E-state index contributed by atoms with van der Waals surface area (Å²) >= 11 is 0. The predicted molar refractivity (Wildman–Crippen MR) is 246 cm³/mol. The van der Waals surface area contributed by atoms with Gasteiger partial charge in [-0.05, 0) is 62.6 Å². The fraction of sp³-hybridized carbons (Fsp3) is 0.422. The summed E-state index contributed by atoms with van der Waals surface area (Å²) in [4.78, 5) is 82.1. The maximum absolute atomic E-state index is 13.6. The summed E-state index contributed by atoms with van der Waals surface area (Å²) in [6.45, 7) is 7.70. The molecule has 65 heavy (non-hydrogen) atoms. The van der Waals surface area contributed by atoms with Crippen LogP contribution in [0.5, 0.6) is 0 Å². The third-order valence-electron chi connectivity index (χ3n) is 11.1. The maximum Gasteiger partial charge on any atom is 0.263 e. The van der Waals surface area contributed by atoms with Crippen LogP contribution < -0.4 is 43.2 Å². The number of ether oxygens (including phenoxy) is 3. The zero-order valence-electron chi connectivity index (χ0n) is 37.1. The second-order valence-corrected chi connectivity index (χ2v) is 15.7. The number of rotatable bonds is 21. The first kappa shape index (κ1) is 47.6. The van der Waals surface area contributed by atoms with Crippen molar-refractivity contribution in [2.45, 2.75) is 52.0 Å². The normalized spacial score (nSPS) is 14.9. The number of ketones is 1. The lowest BCUT2D eigenvalue weighted by molar-refractivity contribution is -0.122. The third-order valence-corrected chi connectivity index (χ3v) is 11.1. The number of hydrogen-bond donors (Lipinski definition) is 6. The fourth-order valence-electron chi connectivity index (χ4n) is 7.73. The van der Waals surface area contributed by atoms with Gasteiger partial charge in [0.05, 0.1) is 75.2 Å². The van der Waals surface area contributed by atoms with Gasteiger partial charge in [0.15, 0.2) is 11.7 Å². The number of aromatic nitrogens is 4. The first-order valence-corrected chi connectivity index (χ1v) is 21.6. The third kappa shape index (κ3) is 13.1. The molecule has 1 saturated heterocycles. The molecule has 1 aliphatic carbocycles. The number of pyridine rings is 2. The second kappa shape index (κ2) is 23.2. The number of nitrogens with one attached hydrogen (secondary N) is 4. The summed E-state index contributed by atoms with van der Waals surface area (Å²) in [5, 5.41) is 12.0. The van der Waals surface area contributed by atoms with Gasteiger partial charge in [-0.3, -0.25) is 33.4 Å². The molecule has 346 valence electrons. The Kier molecular flexibility index (Phi) is 16.9. The standard InChI is InChI=1S/C45H58N12O8/c1-29-34-27-50-45(54-42(34)57(31-8-4-5-9-31)44(62)41(29)30(2)58)53-38-15-12-32(26-49-38)56-20-18-55(19-21-56)28-40(60)48-17-23-65-25-24-64-22-16-39(59)51-35-11-7-6-10-33(35)43(61)52-36(46)13-14-37(47)63-3/h6-7,10-15,26-27,31H,4-5,8-9,16-25,28,46-47H2,1-3H3,(H,48,60)(H,51,59)(H,52,61)(H,49,50,53,54)/b36-13+,37-14+. The number of nitrogens with zero attached hydrogens (tertiary/aromatic N) is 6. The van der Waals surface area contributed by atoms with Crippen molar-refractivity contribution in [1.29, 1.82) is 0 Å². The van der Waals surface area contributed by atoms with E-state index < -0.39 is 5.91 Å². The van der Waals surface area contributed by atoms with Crippen LogP contribution in [0.15, 0.2) is 77.4 Å². The van der Waals surface area contributed by atoms with Crippen LogP contribution in [0.1, 0.15) is 71.3 Å². The number of fused-ring (bicyclic) bond motifs is 1. The lowest BCUT2D eigenvalue weighted by Crippen LogP contribution is -2.49. The summed E-state index contributed by atoms with van der Waals surface area (Å²) < 4.78 is 17.6. The zero-order valence-corrected chi connectivity index (χ0v) is 37.1. The minimum Gasteiger partial charge on any atom is -0.483 e. The van der Waals surface area contributed by atoms with Crippen LogP contribution in [0, 0.1) is 6.92 Å². The Bertz CT molecular complexity index is 2440. The van der Waals surface area contributed by atoms with Crippen LogP contribution in [0.3, 0.4) is 0 Å². The van der Waals surface area contributed by atoms with Gasteiger partial charge in [0.25, 0.3) is 11.5 Å². The number of amides is 3. The maximum atomic E-state index is 13.6. The first-order valence-electron chi connectivity index (χ1n) is 21.6. The van der Waals surface area contributed by atoms with Gasteiger partial charge in [0, 0.05) is 56.4 Å². The van der Waals surface area contributed by atoms with Crippen LogP contribution >= 0.6 is 0 Å². The van der Waals surface area contributed by atoms with Crippen molar-refractivity contribution in [2.75, 3.05) is 88.3 Å². The summed E-state index contributed by atoms with van der Waals surface area (Å²) in [5.41, 5.74) is 13.9. The molecule has 20 nitrogen and oxygen atoms in total. The molecule has 2 aliphatic rings. The molecular formula is C45H58N12O8. The van der Waals surface area contributed by atoms with Crippen molar-refractivity contribution < 1.29 is 33.4 Å². The zero-order chi connectivity index (χ0) is 46.3. The number of para-hydroxylation sites is 1. The first-order chi connectivity index (χ1) is 31.4. The Balaban J connectivity index is 0.845. The van der Waals surface area contributed by atoms with Crippen molar-refractivity contribution in [3.8, 4) is 0 Å². The largest absolute Gasteiger partial charge is 0.483 e. The van der Waals surface area contributed by atoms with Crippen molar-refractivity contribution in [3.05, 3.63) is 99.7 Å². The molecule has 1 saturated carbocycles. The van der Waals surface area contributed by atoms with Crippen molar-refractivity contribution in [2.24, 2.45) is 11.5 Å². The van der Waals surface area contributed by atoms with E-state index in [4.69, 9.17) is 30.7 Å². The molecule has 0 bridgehead atoms. The number of methoxy groups -OCH3 is 1. The van der Waals surface area contributed by atoms with Gasteiger partial charge < -0.3 is 51.8 Å². The van der Waals surface area contributed by atoms with Crippen LogP contribution in [0.4, 0.5) is 23.1 Å². The topological polar surface area (TPSA) is 263 Å². The quantitative estimate of drug-likeness (QED) is 0.0304. The van der Waals surface area contributed by atoms with Gasteiger partial charge in [0.2, 0.25) is 17.8 Å². The van der Waals surface area contributed by atoms with Gasteiger partial charge in [-0.1, -0.05) is 25.0 Å². The van der Waals surface area contributed by atoms with E-state index in [2.05, 4.69) is 41.0 Å². The van der Waals surface area contributed by atoms with Crippen LogP contribution in [0.2, 0.25) is 0 Å². The summed E-state index contributed by atoms with van der Waals surface area (Å²) in [6, 6.07) is 10.4. The molecule has 2 fully saturated rings. The van der Waals surface area contributed by atoms with E-state index in [-0.39, 0.29) is 78.2 Å². The molecule has 4 heterocycles. The number of carbonyl (C=O) groups excluding carboxylic acids is 4. The highest BCUT2D eigenvalue weighted by Crippen LogP contribution is 2.32. The van der Waals surface area contributed by atoms with E-state index in [1.165, 1.54) is 26.2 Å². The van der Waals surface area contributed by atoms with Gasteiger partial charge in [0.1, 0.15) is 17.3 Å². The number of nitrogens with two attached hydrogens (primary N) is 2. The lowest BCUT2D eigenvalue weighted by Gasteiger charge is -2.35. The molecule has 6 rings (SSSR count). The molecule has 4 aromatic rings. The average molecular weight is 895 g/mol. The van der Waals surface area contributed by atoms with E-state index in [9.17, 15) is 24.0 Å². The summed E-state index contributed by atoms with van der Waals surface area (Å²) in [5.74, 6) is -0.168. The average Bonchev–Trinajstić information content (AvgIpc) is 3.83. The minimum atomic E-state index is -0.512. The SMILES string of the molecule is CO/C(N)=C/C=C(\N)NC(=O)c1ccccc1NC(=O)CCOCCOCCNC(=O)CN1CCN(c2ccc(Nc3ncc4c(C)c(C(C)=O)c(=O)n(C5CCCC5)c4n3)nc2)CC1. The number of aryl methyl sites for hydroxylation is 1. The molecule has 20 heteroatoms. The highest BCUT2D eigenvalue weighted by Gasteiger charge is 2.26. The Labute approximate surface area is 376 Å². The van der Waals surface area contributed by atoms with Crippen molar-refractivity contribution >= 4 is 57.7 Å². The Morgan fingerprint density at radius 2 is 1.63 bits per heavy atom. The summed E-state index contributed by atoms with van der Waals surface area (Å²) in [6.07, 6.45) is 10.1. The van der Waals surface area contributed by atoms with Crippen LogP contribution in [-0.4, -0.2) is 121 Å². The van der Waals surface area contributed by atoms with E-state index in [1.54, 1.807) is 48.1 Å². The number of carbonyl (C=O) groups is 4. The molecule has 0 atom stereocenters. The lowest BCUT2D eigenvalue weighted by atomic mass is 10.0. The van der Waals surface area contributed by atoms with Crippen molar-refractivity contribution in [1.82, 2.24) is 35.1 Å². The van der Waals surface area contributed by atoms with E-state index in [0.29, 0.717) is 66.9 Å². The van der Waals surface area contributed by atoms with Gasteiger partial charge >= 0.3 is 0 Å².